The fourth-order valence-electron chi connectivity index (χ4n) is 4.30. The lowest BCUT2D eigenvalue weighted by molar-refractivity contribution is -0.312. The van der Waals surface area contributed by atoms with Crippen LogP contribution in [0.25, 0.3) is 0 Å². The molecule has 6 nitrogen and oxygen atoms in total. The number of carbonyl (C=O) groups excluding carboxylic acids is 3. The molecule has 0 aromatic carbocycles. The van der Waals surface area contributed by atoms with Crippen molar-refractivity contribution < 1.29 is 24.2 Å². The Bertz CT molecular complexity index is 549. The molecule has 2 atom stereocenters. The van der Waals surface area contributed by atoms with Crippen molar-refractivity contribution in [2.45, 2.75) is 52.1 Å². The Kier molecular flexibility index (Phi) is 3.10. The van der Waals surface area contributed by atoms with E-state index in [-0.39, 0.29) is 11.9 Å². The topological polar surface area (TPSA) is 86.7 Å². The summed E-state index contributed by atoms with van der Waals surface area (Å²) in [5.41, 5.74) is -2.27. The third-order valence-corrected chi connectivity index (χ3v) is 6.54. The summed E-state index contributed by atoms with van der Waals surface area (Å²) in [5, 5.41) is 10.9. The van der Waals surface area contributed by atoms with Gasteiger partial charge < -0.3 is 19.5 Å². The molecule has 0 aromatic rings. The average molecular weight is 308 g/mol. The number of carboxylic acids is 1. The van der Waals surface area contributed by atoms with Gasteiger partial charge in [-0.3, -0.25) is 9.59 Å². The van der Waals surface area contributed by atoms with Crippen LogP contribution in [-0.2, 0) is 19.1 Å². The van der Waals surface area contributed by atoms with Gasteiger partial charge in [0.25, 0.3) is 5.91 Å². The molecule has 1 amide bonds. The Balaban J connectivity index is 1.82. The van der Waals surface area contributed by atoms with Crippen molar-refractivity contribution in [2.24, 2.45) is 16.7 Å². The number of hydrogen-bond acceptors (Lipinski definition) is 5. The minimum absolute atomic E-state index is 0.163. The number of likely N-dealkylation sites (tertiary alicyclic amines) is 1. The zero-order valence-electron chi connectivity index (χ0n) is 13.3. The van der Waals surface area contributed by atoms with Gasteiger partial charge in [-0.2, -0.15) is 0 Å². The molecule has 122 valence electrons. The number of ether oxygens (including phenoxy) is 1. The maximum atomic E-state index is 13.0. The number of nitrogens with zero attached hydrogens (tertiary/aromatic N) is 1. The van der Waals surface area contributed by atoms with Crippen molar-refractivity contribution in [3.63, 3.8) is 0 Å². The van der Waals surface area contributed by atoms with Gasteiger partial charge in [0.1, 0.15) is 0 Å². The molecule has 6 heteroatoms. The zero-order chi connectivity index (χ0) is 16.3. The molecule has 22 heavy (non-hydrogen) atoms. The predicted molar refractivity (Wildman–Crippen MR) is 74.3 cm³/mol. The fourth-order valence-corrected chi connectivity index (χ4v) is 4.30. The minimum atomic E-state index is -1.09. The van der Waals surface area contributed by atoms with E-state index in [1.54, 1.807) is 4.90 Å². The largest absolute Gasteiger partial charge is 0.550 e. The first-order valence-corrected chi connectivity index (χ1v) is 7.89. The number of piperidine rings is 1. The highest BCUT2D eigenvalue weighted by Gasteiger charge is 2.76. The van der Waals surface area contributed by atoms with Crippen LogP contribution < -0.4 is 5.11 Å². The first-order valence-electron chi connectivity index (χ1n) is 7.89. The summed E-state index contributed by atoms with van der Waals surface area (Å²) in [6.45, 7) is 6.49. The van der Waals surface area contributed by atoms with Crippen LogP contribution in [0.2, 0.25) is 0 Å². The third kappa shape index (κ3) is 1.64. The molecule has 3 aliphatic rings. The summed E-state index contributed by atoms with van der Waals surface area (Å²) in [6.07, 6.45) is 1.99. The molecule has 0 aromatic heterocycles. The second-order valence-electron chi connectivity index (χ2n) is 7.56. The average Bonchev–Trinajstić information content (AvgIpc) is 2.77. The lowest BCUT2D eigenvalue weighted by atomic mass is 9.66. The molecular formula is C16H22NO5-. The summed E-state index contributed by atoms with van der Waals surface area (Å²) in [5.74, 6) is -1.99. The smallest absolute Gasteiger partial charge is 0.313 e. The number of carbonyl (C=O) groups is 3. The highest BCUT2D eigenvalue weighted by atomic mass is 16.6. The lowest BCUT2D eigenvalue weighted by Crippen LogP contribution is -2.57. The molecule has 2 aliphatic heterocycles. The number of rotatable bonds is 2. The van der Waals surface area contributed by atoms with Crippen LogP contribution in [0.15, 0.2) is 0 Å². The van der Waals surface area contributed by atoms with Gasteiger partial charge in [-0.05, 0) is 32.6 Å². The van der Waals surface area contributed by atoms with Gasteiger partial charge in [-0.25, -0.2) is 0 Å². The lowest BCUT2D eigenvalue weighted by Gasteiger charge is -2.41. The van der Waals surface area contributed by atoms with Crippen molar-refractivity contribution in [3.05, 3.63) is 0 Å². The van der Waals surface area contributed by atoms with Gasteiger partial charge in [0, 0.05) is 30.4 Å². The summed E-state index contributed by atoms with van der Waals surface area (Å²) in [6, 6.07) is 0. The Hall–Kier alpha value is -1.59. The van der Waals surface area contributed by atoms with E-state index in [4.69, 9.17) is 4.74 Å². The summed E-state index contributed by atoms with van der Waals surface area (Å²) >= 11 is 0. The number of amides is 1. The number of carboxylic acid groups (broad SMARTS) is 1. The van der Waals surface area contributed by atoms with Gasteiger partial charge >= 0.3 is 5.97 Å². The van der Waals surface area contributed by atoms with Crippen molar-refractivity contribution >= 4 is 17.8 Å². The highest BCUT2D eigenvalue weighted by molar-refractivity contribution is 5.96. The maximum Gasteiger partial charge on any atom is 0.313 e. The van der Waals surface area contributed by atoms with Crippen LogP contribution in [0.1, 0.15) is 46.5 Å². The van der Waals surface area contributed by atoms with Gasteiger partial charge in [-0.15, -0.1) is 0 Å². The molecule has 0 N–H and O–H groups in total. The van der Waals surface area contributed by atoms with Crippen LogP contribution in [0, 0.1) is 16.7 Å². The van der Waals surface area contributed by atoms with Gasteiger partial charge in [0.05, 0.1) is 5.41 Å². The van der Waals surface area contributed by atoms with Crippen LogP contribution in [0.5, 0.6) is 0 Å². The monoisotopic (exact) mass is 308 g/mol. The van der Waals surface area contributed by atoms with E-state index in [1.807, 2.05) is 20.8 Å². The fraction of sp³-hybridized carbons (Fsp3) is 0.812. The van der Waals surface area contributed by atoms with E-state index in [0.29, 0.717) is 38.8 Å². The van der Waals surface area contributed by atoms with E-state index >= 15 is 0 Å². The second-order valence-corrected chi connectivity index (χ2v) is 7.56. The molecular weight excluding hydrogens is 286 g/mol. The Morgan fingerprint density at radius 3 is 2.18 bits per heavy atom. The van der Waals surface area contributed by atoms with Crippen LogP contribution in [-0.4, -0.2) is 41.4 Å². The SMILES string of the molecule is CC1(C)[C@@]2(C(=O)N3CCC(C(=O)[O-])CC3)CC[C@]1(C)C(=O)O2. The highest BCUT2D eigenvalue weighted by Crippen LogP contribution is 2.66. The van der Waals surface area contributed by atoms with Gasteiger partial charge in [0.2, 0.25) is 0 Å². The molecule has 2 heterocycles. The van der Waals surface area contributed by atoms with Gasteiger partial charge in [0.15, 0.2) is 5.60 Å². The predicted octanol–water partition coefficient (Wildman–Crippen LogP) is 0.0968. The second kappa shape index (κ2) is 4.46. The molecule has 3 fully saturated rings. The van der Waals surface area contributed by atoms with Crippen LogP contribution in [0.4, 0.5) is 0 Å². The molecule has 1 saturated carbocycles. The summed E-state index contributed by atoms with van der Waals surface area (Å²) in [4.78, 5) is 37.8. The quantitative estimate of drug-likeness (QED) is 0.675. The van der Waals surface area contributed by atoms with E-state index in [1.165, 1.54) is 0 Å². The van der Waals surface area contributed by atoms with Crippen LogP contribution >= 0.6 is 0 Å². The Labute approximate surface area is 129 Å². The third-order valence-electron chi connectivity index (χ3n) is 6.54. The van der Waals surface area contributed by atoms with Crippen molar-refractivity contribution in [1.82, 2.24) is 4.90 Å². The van der Waals surface area contributed by atoms with E-state index in [2.05, 4.69) is 0 Å². The Morgan fingerprint density at radius 2 is 1.77 bits per heavy atom. The molecule has 0 spiro atoms. The van der Waals surface area contributed by atoms with Crippen molar-refractivity contribution in [3.8, 4) is 0 Å². The number of aliphatic carboxylic acids is 1. The molecule has 3 rings (SSSR count). The zero-order valence-corrected chi connectivity index (χ0v) is 13.3. The van der Waals surface area contributed by atoms with Gasteiger partial charge in [-0.1, -0.05) is 13.8 Å². The molecule has 0 radical (unpaired) electrons. The van der Waals surface area contributed by atoms with Crippen LogP contribution in [0.3, 0.4) is 0 Å². The first kappa shape index (κ1) is 15.3. The van der Waals surface area contributed by atoms with Crippen molar-refractivity contribution in [1.29, 1.82) is 0 Å². The van der Waals surface area contributed by atoms with Crippen molar-refractivity contribution in [2.75, 3.05) is 13.1 Å². The molecule has 2 bridgehead atoms. The first-order chi connectivity index (χ1) is 10.2. The summed E-state index contributed by atoms with van der Waals surface area (Å²) in [7, 11) is 0. The van der Waals surface area contributed by atoms with E-state index in [9.17, 15) is 19.5 Å². The molecule has 2 saturated heterocycles. The number of fused-ring (bicyclic) bond motifs is 2. The summed E-state index contributed by atoms with van der Waals surface area (Å²) < 4.78 is 5.60. The molecule has 0 unspecified atom stereocenters. The number of esters is 1. The minimum Gasteiger partial charge on any atom is -0.550 e. The normalized spacial score (nSPS) is 37.2. The Morgan fingerprint density at radius 1 is 1.18 bits per heavy atom. The molecule has 1 aliphatic carbocycles. The van der Waals surface area contributed by atoms with E-state index in [0.717, 1.165) is 0 Å². The standard InChI is InChI=1S/C16H23NO5/c1-14(2)15(3)6-7-16(14,22-13(15)21)12(20)17-8-4-10(5-9-17)11(18)19/h10H,4-9H2,1-3H3,(H,18,19)/p-1/t15-,16+/m1/s1. The maximum absolute atomic E-state index is 13.0. The number of hydrogen-bond donors (Lipinski definition) is 0. The van der Waals surface area contributed by atoms with E-state index < -0.39 is 28.3 Å².